The van der Waals surface area contributed by atoms with Crippen molar-refractivity contribution < 1.29 is 0 Å². The molecule has 2 heterocycles. The van der Waals surface area contributed by atoms with Crippen molar-refractivity contribution in [3.05, 3.63) is 54.2 Å². The summed E-state index contributed by atoms with van der Waals surface area (Å²) in [5.41, 5.74) is 4.34. The van der Waals surface area contributed by atoms with E-state index in [1.54, 1.807) is 11.3 Å². The molecule has 23 heavy (non-hydrogen) atoms. The highest BCUT2D eigenvalue weighted by atomic mass is 79.9. The quantitative estimate of drug-likeness (QED) is 0.234. The van der Waals surface area contributed by atoms with Gasteiger partial charge in [0.25, 0.3) is 0 Å². The molecular formula is C18H9Br3S2. The van der Waals surface area contributed by atoms with Crippen molar-refractivity contribution in [2.24, 2.45) is 0 Å². The summed E-state index contributed by atoms with van der Waals surface area (Å²) >= 11 is 14.8. The average molecular weight is 529 g/mol. The van der Waals surface area contributed by atoms with Crippen LogP contribution in [0, 0.1) is 0 Å². The second-order valence-corrected chi connectivity index (χ2v) is 10.7. The number of benzene rings is 2. The molecule has 0 fully saturated rings. The third kappa shape index (κ3) is 2.10. The van der Waals surface area contributed by atoms with Crippen LogP contribution in [0.5, 0.6) is 0 Å². The molecule has 0 spiro atoms. The van der Waals surface area contributed by atoms with Crippen molar-refractivity contribution in [3.8, 4) is 10.4 Å². The lowest BCUT2D eigenvalue weighted by Gasteiger charge is -2.08. The topological polar surface area (TPSA) is 0 Å². The van der Waals surface area contributed by atoms with Gasteiger partial charge in [0, 0.05) is 5.56 Å². The Balaban J connectivity index is 1.87. The SMILES string of the molecule is Brc1sc2c(Br)c(-c3ccc4c5c(cccc35)CC4)sc2c1Br. The highest BCUT2D eigenvalue weighted by Crippen LogP contribution is 2.52. The summed E-state index contributed by atoms with van der Waals surface area (Å²) in [7, 11) is 0. The Morgan fingerprint density at radius 3 is 2.30 bits per heavy atom. The molecule has 114 valence electrons. The highest BCUT2D eigenvalue weighted by molar-refractivity contribution is 9.13. The number of thiophene rings is 2. The fourth-order valence-electron chi connectivity index (χ4n) is 3.47. The van der Waals surface area contributed by atoms with Gasteiger partial charge in [0.15, 0.2) is 0 Å². The van der Waals surface area contributed by atoms with Gasteiger partial charge in [-0.15, -0.1) is 22.7 Å². The number of rotatable bonds is 1. The first-order valence-corrected chi connectivity index (χ1v) is 11.3. The minimum absolute atomic E-state index is 1.16. The molecule has 4 aromatic rings. The zero-order chi connectivity index (χ0) is 15.7. The van der Waals surface area contributed by atoms with Crippen molar-refractivity contribution in [1.82, 2.24) is 0 Å². The van der Waals surface area contributed by atoms with E-state index in [0.717, 1.165) is 3.79 Å². The molecule has 0 bridgehead atoms. The Kier molecular flexibility index (Phi) is 3.54. The zero-order valence-electron chi connectivity index (χ0n) is 11.8. The van der Waals surface area contributed by atoms with Crippen LogP contribution in [0.1, 0.15) is 11.1 Å². The lowest BCUT2D eigenvalue weighted by molar-refractivity contribution is 1.02. The van der Waals surface area contributed by atoms with E-state index in [1.165, 1.54) is 63.5 Å². The van der Waals surface area contributed by atoms with Gasteiger partial charge in [-0.3, -0.25) is 0 Å². The van der Waals surface area contributed by atoms with E-state index in [1.807, 2.05) is 11.3 Å². The summed E-state index contributed by atoms with van der Waals surface area (Å²) in [6, 6.07) is 11.4. The Bertz CT molecular complexity index is 1090. The molecule has 0 unspecified atom stereocenters. The standard InChI is InChI=1S/C18H9Br3S2/c19-13-15(22-17-14(20)18(21)23-16(13)17)11-7-6-9-5-4-8-2-1-3-10(11)12(8)9/h1-3,6-7H,4-5H2. The van der Waals surface area contributed by atoms with Crippen LogP contribution in [0.4, 0.5) is 0 Å². The van der Waals surface area contributed by atoms with Gasteiger partial charge in [0.05, 0.1) is 27.0 Å². The Labute approximate surface area is 166 Å². The van der Waals surface area contributed by atoms with Gasteiger partial charge in [-0.2, -0.15) is 0 Å². The summed E-state index contributed by atoms with van der Waals surface area (Å²) in [5.74, 6) is 0. The van der Waals surface area contributed by atoms with Crippen LogP contribution in [0.15, 0.2) is 43.1 Å². The summed E-state index contributed by atoms with van der Waals surface area (Å²) in [5, 5.41) is 2.87. The number of halogens is 3. The maximum absolute atomic E-state index is 3.85. The third-order valence-electron chi connectivity index (χ3n) is 4.49. The van der Waals surface area contributed by atoms with Crippen molar-refractivity contribution in [2.75, 3.05) is 0 Å². The van der Waals surface area contributed by atoms with Crippen molar-refractivity contribution >= 4 is 90.6 Å². The number of aryl methyl sites for hydroxylation is 2. The van der Waals surface area contributed by atoms with Crippen LogP contribution in [0.3, 0.4) is 0 Å². The van der Waals surface area contributed by atoms with Crippen molar-refractivity contribution in [1.29, 1.82) is 0 Å². The Morgan fingerprint density at radius 1 is 0.783 bits per heavy atom. The normalized spacial score (nSPS) is 13.5. The molecule has 5 heteroatoms. The molecule has 0 saturated heterocycles. The lowest BCUT2D eigenvalue weighted by atomic mass is 9.99. The van der Waals surface area contributed by atoms with Crippen LogP contribution in [0.2, 0.25) is 0 Å². The van der Waals surface area contributed by atoms with E-state index < -0.39 is 0 Å². The van der Waals surface area contributed by atoms with Gasteiger partial charge in [0.1, 0.15) is 0 Å². The van der Waals surface area contributed by atoms with E-state index in [2.05, 4.69) is 78.1 Å². The molecule has 0 aliphatic heterocycles. The largest absolute Gasteiger partial charge is 0.132 e. The van der Waals surface area contributed by atoms with Gasteiger partial charge in [-0.1, -0.05) is 30.3 Å². The predicted octanol–water partition coefficient (Wildman–Crippen LogP) is 8.17. The molecule has 0 N–H and O–H groups in total. The second kappa shape index (κ2) is 5.40. The van der Waals surface area contributed by atoms with Gasteiger partial charge in [-0.25, -0.2) is 0 Å². The minimum Gasteiger partial charge on any atom is -0.132 e. The molecule has 0 amide bonds. The molecule has 1 aliphatic carbocycles. The summed E-state index contributed by atoms with van der Waals surface area (Å²) in [4.78, 5) is 1.33. The second-order valence-electron chi connectivity index (χ2n) is 5.71. The first-order valence-electron chi connectivity index (χ1n) is 7.25. The smallest absolute Gasteiger partial charge is 0.0862 e. The Morgan fingerprint density at radius 2 is 1.52 bits per heavy atom. The zero-order valence-corrected chi connectivity index (χ0v) is 18.1. The Hall–Kier alpha value is -0.200. The molecule has 0 atom stereocenters. The predicted molar refractivity (Wildman–Crippen MR) is 113 cm³/mol. The van der Waals surface area contributed by atoms with Crippen LogP contribution in [-0.4, -0.2) is 0 Å². The van der Waals surface area contributed by atoms with E-state index in [0.29, 0.717) is 0 Å². The molecule has 0 nitrogen and oxygen atoms in total. The third-order valence-corrected chi connectivity index (χ3v) is 10.9. The number of hydrogen-bond donors (Lipinski definition) is 0. The maximum atomic E-state index is 3.85. The van der Waals surface area contributed by atoms with E-state index >= 15 is 0 Å². The molecule has 0 radical (unpaired) electrons. The molecular weight excluding hydrogens is 520 g/mol. The van der Waals surface area contributed by atoms with Gasteiger partial charge < -0.3 is 0 Å². The van der Waals surface area contributed by atoms with Crippen LogP contribution >= 0.6 is 70.5 Å². The van der Waals surface area contributed by atoms with Crippen molar-refractivity contribution in [3.63, 3.8) is 0 Å². The van der Waals surface area contributed by atoms with E-state index in [9.17, 15) is 0 Å². The summed E-state index contributed by atoms with van der Waals surface area (Å²) < 4.78 is 6.17. The van der Waals surface area contributed by atoms with Gasteiger partial charge >= 0.3 is 0 Å². The first-order chi connectivity index (χ1) is 11.1. The number of hydrogen-bond acceptors (Lipinski definition) is 2. The molecule has 2 aromatic heterocycles. The van der Waals surface area contributed by atoms with Crippen LogP contribution in [0.25, 0.3) is 30.6 Å². The van der Waals surface area contributed by atoms with Crippen LogP contribution < -0.4 is 0 Å². The molecule has 5 rings (SSSR count). The van der Waals surface area contributed by atoms with E-state index in [4.69, 9.17) is 0 Å². The summed E-state index contributed by atoms with van der Waals surface area (Å²) in [6.07, 6.45) is 2.35. The average Bonchev–Trinajstić information content (AvgIpc) is 3.19. The van der Waals surface area contributed by atoms with Crippen LogP contribution in [-0.2, 0) is 12.8 Å². The lowest BCUT2D eigenvalue weighted by Crippen LogP contribution is -1.83. The fraction of sp³-hybridized carbons (Fsp3) is 0.111. The monoisotopic (exact) mass is 526 g/mol. The molecule has 1 aliphatic rings. The molecule has 2 aromatic carbocycles. The van der Waals surface area contributed by atoms with E-state index in [-0.39, 0.29) is 0 Å². The first kappa shape index (κ1) is 15.1. The fourth-order valence-corrected chi connectivity index (χ4v) is 8.34. The minimum atomic E-state index is 1.16. The highest BCUT2D eigenvalue weighted by Gasteiger charge is 2.22. The molecule has 0 saturated carbocycles. The number of fused-ring (bicyclic) bond motifs is 1. The summed E-state index contributed by atoms with van der Waals surface area (Å²) in [6.45, 7) is 0. The van der Waals surface area contributed by atoms with Crippen molar-refractivity contribution in [2.45, 2.75) is 12.8 Å². The van der Waals surface area contributed by atoms with Gasteiger partial charge in [-0.05, 0) is 82.5 Å². The van der Waals surface area contributed by atoms with Gasteiger partial charge in [0.2, 0.25) is 0 Å². The maximum Gasteiger partial charge on any atom is 0.0862 e.